The summed E-state index contributed by atoms with van der Waals surface area (Å²) in [6.45, 7) is 1.27. The van der Waals surface area contributed by atoms with E-state index in [0.29, 0.717) is 24.9 Å². The first-order chi connectivity index (χ1) is 13.6. The average molecular weight is 404 g/mol. The molecule has 1 N–H and O–H groups in total. The third kappa shape index (κ3) is 4.04. The minimum absolute atomic E-state index is 0.0256. The molecule has 3 aromatic rings. The topological polar surface area (TPSA) is 71.3 Å². The fourth-order valence-corrected chi connectivity index (χ4v) is 3.81. The summed E-state index contributed by atoms with van der Waals surface area (Å²) in [4.78, 5) is 13.8. The molecule has 0 aliphatic carbocycles. The van der Waals surface area contributed by atoms with Crippen molar-refractivity contribution >= 4 is 28.6 Å². The summed E-state index contributed by atoms with van der Waals surface area (Å²) < 4.78 is 34.2. The van der Waals surface area contributed by atoms with Gasteiger partial charge in [-0.3, -0.25) is 4.79 Å². The van der Waals surface area contributed by atoms with Gasteiger partial charge in [0.1, 0.15) is 5.69 Å². The molecule has 4 rings (SSSR count). The first-order valence-corrected chi connectivity index (χ1v) is 9.93. The van der Waals surface area contributed by atoms with Crippen LogP contribution in [0.3, 0.4) is 0 Å². The van der Waals surface area contributed by atoms with Crippen LogP contribution in [0.2, 0.25) is 0 Å². The molecule has 146 valence electrons. The number of carbonyl (C=O) groups excluding carboxylic acids is 1. The van der Waals surface area contributed by atoms with E-state index in [4.69, 9.17) is 4.42 Å². The maximum Gasteiger partial charge on any atom is 0.248 e. The van der Waals surface area contributed by atoms with E-state index in [2.05, 4.69) is 15.5 Å². The number of rotatable bonds is 6. The van der Waals surface area contributed by atoms with Crippen LogP contribution in [-0.2, 0) is 11.2 Å². The Balaban J connectivity index is 1.36. The zero-order chi connectivity index (χ0) is 19.5. The van der Waals surface area contributed by atoms with Crippen LogP contribution in [0, 0.1) is 11.6 Å². The number of nitrogens with zero attached hydrogens (tertiary/aromatic N) is 3. The van der Waals surface area contributed by atoms with E-state index >= 15 is 0 Å². The Kier molecular flexibility index (Phi) is 5.34. The monoisotopic (exact) mass is 404 g/mol. The summed E-state index contributed by atoms with van der Waals surface area (Å²) in [5, 5.41) is 14.2. The lowest BCUT2D eigenvalue weighted by Gasteiger charge is -2.19. The van der Waals surface area contributed by atoms with Crippen molar-refractivity contribution in [1.29, 1.82) is 0 Å². The highest BCUT2D eigenvalue weighted by Gasteiger charge is 2.21. The van der Waals surface area contributed by atoms with E-state index in [9.17, 15) is 13.6 Å². The maximum absolute atomic E-state index is 14.3. The highest BCUT2D eigenvalue weighted by molar-refractivity contribution is 7.08. The van der Waals surface area contributed by atoms with Gasteiger partial charge in [-0.15, -0.1) is 10.2 Å². The van der Waals surface area contributed by atoms with Gasteiger partial charge in [0.15, 0.2) is 11.6 Å². The van der Waals surface area contributed by atoms with Crippen LogP contribution in [0.15, 0.2) is 33.4 Å². The fourth-order valence-electron chi connectivity index (χ4n) is 3.18. The first kappa shape index (κ1) is 18.5. The van der Waals surface area contributed by atoms with Gasteiger partial charge in [0.05, 0.1) is 0 Å². The largest absolute Gasteiger partial charge is 0.421 e. The number of aromatic nitrogens is 2. The SMILES string of the molecule is O=C(CCc1nnc(-c2ccsc2)o1)Nc1cc(F)c(N2CCCC2)c(F)c1. The smallest absolute Gasteiger partial charge is 0.248 e. The number of nitrogens with one attached hydrogen (secondary N) is 1. The Morgan fingerprint density at radius 2 is 1.96 bits per heavy atom. The van der Waals surface area contributed by atoms with Crippen LogP contribution in [0.1, 0.15) is 25.2 Å². The van der Waals surface area contributed by atoms with Gasteiger partial charge in [0.25, 0.3) is 0 Å². The summed E-state index contributed by atoms with van der Waals surface area (Å²) in [7, 11) is 0. The Morgan fingerprint density at radius 1 is 1.21 bits per heavy atom. The number of hydrogen-bond acceptors (Lipinski definition) is 6. The zero-order valence-electron chi connectivity index (χ0n) is 15.0. The van der Waals surface area contributed by atoms with E-state index in [-0.39, 0.29) is 30.1 Å². The van der Waals surface area contributed by atoms with Gasteiger partial charge in [-0.2, -0.15) is 11.3 Å². The Labute approximate surface area is 164 Å². The lowest BCUT2D eigenvalue weighted by Crippen LogP contribution is -2.21. The van der Waals surface area contributed by atoms with E-state index in [1.807, 2.05) is 16.8 Å². The second-order valence-electron chi connectivity index (χ2n) is 6.54. The number of carbonyl (C=O) groups is 1. The van der Waals surface area contributed by atoms with Crippen LogP contribution in [0.25, 0.3) is 11.5 Å². The molecule has 0 radical (unpaired) electrons. The van der Waals surface area contributed by atoms with Crippen molar-refractivity contribution in [2.24, 2.45) is 0 Å². The van der Waals surface area contributed by atoms with Crippen molar-refractivity contribution in [1.82, 2.24) is 10.2 Å². The van der Waals surface area contributed by atoms with Gasteiger partial charge in [-0.1, -0.05) is 0 Å². The van der Waals surface area contributed by atoms with Crippen LogP contribution >= 0.6 is 11.3 Å². The normalized spacial score (nSPS) is 13.9. The summed E-state index contributed by atoms with van der Waals surface area (Å²) in [6.07, 6.45) is 2.13. The Morgan fingerprint density at radius 3 is 2.64 bits per heavy atom. The van der Waals surface area contributed by atoms with Gasteiger partial charge in [0.2, 0.25) is 17.7 Å². The molecule has 0 bridgehead atoms. The van der Waals surface area contributed by atoms with Crippen molar-refractivity contribution in [3.05, 3.63) is 46.5 Å². The second kappa shape index (κ2) is 8.05. The third-order valence-corrected chi connectivity index (χ3v) is 5.21. The molecule has 3 heterocycles. The highest BCUT2D eigenvalue weighted by Crippen LogP contribution is 2.29. The summed E-state index contributed by atoms with van der Waals surface area (Å²) in [5.41, 5.74) is 0.895. The standard InChI is InChI=1S/C19H18F2N4O2S/c20-14-9-13(10-15(21)18(14)25-6-1-2-7-25)22-16(26)3-4-17-23-24-19(27-17)12-5-8-28-11-12/h5,8-11H,1-4,6-7H2,(H,22,26). The molecule has 0 saturated carbocycles. The summed E-state index contributed by atoms with van der Waals surface area (Å²) in [6, 6.07) is 4.16. The van der Waals surface area contributed by atoms with Gasteiger partial charge in [-0.05, 0) is 36.4 Å². The molecule has 6 nitrogen and oxygen atoms in total. The number of thiophene rings is 1. The number of benzene rings is 1. The van der Waals surface area contributed by atoms with Crippen LogP contribution in [-0.4, -0.2) is 29.2 Å². The third-order valence-electron chi connectivity index (χ3n) is 4.52. The molecule has 2 aromatic heterocycles. The summed E-state index contributed by atoms with van der Waals surface area (Å²) in [5.74, 6) is -0.997. The van der Waals surface area contributed by atoms with E-state index in [0.717, 1.165) is 30.5 Å². The van der Waals surface area contributed by atoms with Crippen molar-refractivity contribution < 1.29 is 18.0 Å². The zero-order valence-corrected chi connectivity index (χ0v) is 15.8. The number of halogens is 2. The lowest BCUT2D eigenvalue weighted by molar-refractivity contribution is -0.116. The molecule has 1 saturated heterocycles. The quantitative estimate of drug-likeness (QED) is 0.665. The number of aryl methyl sites for hydroxylation is 1. The van der Waals surface area contributed by atoms with E-state index in [1.165, 1.54) is 11.3 Å². The second-order valence-corrected chi connectivity index (χ2v) is 7.32. The van der Waals surface area contributed by atoms with Crippen molar-refractivity contribution in [2.45, 2.75) is 25.7 Å². The minimum atomic E-state index is -0.672. The molecule has 1 aliphatic rings. The molecule has 28 heavy (non-hydrogen) atoms. The molecular weight excluding hydrogens is 386 g/mol. The van der Waals surface area contributed by atoms with Crippen molar-refractivity contribution in [2.75, 3.05) is 23.3 Å². The lowest BCUT2D eigenvalue weighted by atomic mass is 10.2. The van der Waals surface area contributed by atoms with Crippen molar-refractivity contribution in [3.63, 3.8) is 0 Å². The van der Waals surface area contributed by atoms with E-state index < -0.39 is 11.6 Å². The molecule has 0 atom stereocenters. The molecule has 1 amide bonds. The molecule has 1 aromatic carbocycles. The maximum atomic E-state index is 14.3. The predicted octanol–water partition coefficient (Wildman–Crippen LogP) is 4.25. The van der Waals surface area contributed by atoms with Gasteiger partial charge in [-0.25, -0.2) is 8.78 Å². The molecule has 1 aliphatic heterocycles. The number of amides is 1. The Bertz CT molecular complexity index is 945. The summed E-state index contributed by atoms with van der Waals surface area (Å²) >= 11 is 1.52. The van der Waals surface area contributed by atoms with Gasteiger partial charge in [0, 0.05) is 42.6 Å². The van der Waals surface area contributed by atoms with Crippen molar-refractivity contribution in [3.8, 4) is 11.5 Å². The minimum Gasteiger partial charge on any atom is -0.421 e. The van der Waals surface area contributed by atoms with E-state index in [1.54, 1.807) is 4.90 Å². The van der Waals surface area contributed by atoms with Gasteiger partial charge >= 0.3 is 0 Å². The van der Waals surface area contributed by atoms with Gasteiger partial charge < -0.3 is 14.6 Å². The Hall–Kier alpha value is -2.81. The highest BCUT2D eigenvalue weighted by atomic mass is 32.1. The molecule has 9 heteroatoms. The predicted molar refractivity (Wildman–Crippen MR) is 102 cm³/mol. The van der Waals surface area contributed by atoms with Crippen LogP contribution in [0.5, 0.6) is 0 Å². The number of hydrogen-bond donors (Lipinski definition) is 1. The average Bonchev–Trinajstić information content (AvgIpc) is 3.40. The molecule has 0 unspecified atom stereocenters. The molecule has 1 fully saturated rings. The first-order valence-electron chi connectivity index (χ1n) is 8.99. The van der Waals surface area contributed by atoms with Crippen LogP contribution < -0.4 is 10.2 Å². The molecule has 0 spiro atoms. The van der Waals surface area contributed by atoms with Crippen LogP contribution in [0.4, 0.5) is 20.2 Å². The fraction of sp³-hybridized carbons (Fsp3) is 0.316. The molecular formula is C19H18F2N4O2S. The number of anilines is 2.